The summed E-state index contributed by atoms with van der Waals surface area (Å²) in [7, 11) is 0. The Morgan fingerprint density at radius 2 is 2.12 bits per heavy atom. The van der Waals surface area contributed by atoms with E-state index < -0.39 is 0 Å². The maximum Gasteiger partial charge on any atom is 0.171 e. The first-order valence-corrected chi connectivity index (χ1v) is 6.78. The molecule has 0 bridgehead atoms. The fraction of sp³-hybridized carbons (Fsp3) is 0.500. The number of nitrogens with two attached hydrogens (primary N) is 1. The van der Waals surface area contributed by atoms with Crippen molar-refractivity contribution in [3.8, 4) is 0 Å². The van der Waals surface area contributed by atoms with Crippen molar-refractivity contribution < 1.29 is 5.21 Å². The molecule has 1 saturated carbocycles. The molecule has 1 heterocycles. The SMILES string of the molecule is N/C(=N\O)c1ccc(SC2CCCCC2)nc1. The standard InChI is InChI=1S/C12H17N3OS/c13-12(15-16)9-6-7-11(14-8-9)17-10-4-2-1-3-5-10/h6-8,10,16H,1-5H2,(H2,13,15). The van der Waals surface area contributed by atoms with Crippen molar-refractivity contribution in [2.24, 2.45) is 10.9 Å². The van der Waals surface area contributed by atoms with Gasteiger partial charge in [0, 0.05) is 17.0 Å². The summed E-state index contributed by atoms with van der Waals surface area (Å²) in [6, 6.07) is 3.78. The zero-order chi connectivity index (χ0) is 12.1. The van der Waals surface area contributed by atoms with E-state index in [0.29, 0.717) is 10.8 Å². The second-order valence-electron chi connectivity index (χ2n) is 4.25. The fourth-order valence-electron chi connectivity index (χ4n) is 2.01. The molecule has 92 valence electrons. The van der Waals surface area contributed by atoms with Crippen LogP contribution in [0.2, 0.25) is 0 Å². The monoisotopic (exact) mass is 251 g/mol. The first-order chi connectivity index (χ1) is 8.29. The van der Waals surface area contributed by atoms with Crippen molar-refractivity contribution >= 4 is 17.6 Å². The second kappa shape index (κ2) is 5.91. The minimum Gasteiger partial charge on any atom is -0.409 e. The summed E-state index contributed by atoms with van der Waals surface area (Å²) in [5.74, 6) is 0.103. The number of thioether (sulfide) groups is 1. The Labute approximate surface area is 105 Å². The van der Waals surface area contributed by atoms with Gasteiger partial charge in [-0.05, 0) is 25.0 Å². The van der Waals surface area contributed by atoms with E-state index in [1.807, 2.05) is 23.9 Å². The van der Waals surface area contributed by atoms with Crippen LogP contribution in [0.15, 0.2) is 28.5 Å². The van der Waals surface area contributed by atoms with Crippen LogP contribution in [0.4, 0.5) is 0 Å². The number of pyridine rings is 1. The molecule has 0 aromatic carbocycles. The maximum atomic E-state index is 8.55. The predicted octanol–water partition coefficient (Wildman–Crippen LogP) is 2.60. The van der Waals surface area contributed by atoms with Crippen LogP contribution < -0.4 is 5.73 Å². The Kier molecular flexibility index (Phi) is 4.25. The molecule has 0 radical (unpaired) electrons. The van der Waals surface area contributed by atoms with E-state index in [9.17, 15) is 0 Å². The summed E-state index contributed by atoms with van der Waals surface area (Å²) in [6.45, 7) is 0. The van der Waals surface area contributed by atoms with Gasteiger partial charge in [-0.1, -0.05) is 24.4 Å². The molecule has 0 saturated heterocycles. The van der Waals surface area contributed by atoms with E-state index in [4.69, 9.17) is 10.9 Å². The lowest BCUT2D eigenvalue weighted by Crippen LogP contribution is -2.13. The number of aromatic nitrogens is 1. The molecule has 1 aliphatic rings. The van der Waals surface area contributed by atoms with Crippen molar-refractivity contribution in [2.45, 2.75) is 42.4 Å². The zero-order valence-electron chi connectivity index (χ0n) is 9.67. The van der Waals surface area contributed by atoms with Gasteiger partial charge in [0.1, 0.15) is 0 Å². The molecular weight excluding hydrogens is 234 g/mol. The first kappa shape index (κ1) is 12.2. The number of hydrogen-bond acceptors (Lipinski definition) is 4. The molecule has 17 heavy (non-hydrogen) atoms. The van der Waals surface area contributed by atoms with Gasteiger partial charge < -0.3 is 10.9 Å². The van der Waals surface area contributed by atoms with Gasteiger partial charge in [0.05, 0.1) is 5.03 Å². The van der Waals surface area contributed by atoms with E-state index in [-0.39, 0.29) is 5.84 Å². The molecule has 1 aliphatic carbocycles. The van der Waals surface area contributed by atoms with Crippen LogP contribution in [0.5, 0.6) is 0 Å². The summed E-state index contributed by atoms with van der Waals surface area (Å²) < 4.78 is 0. The Morgan fingerprint density at radius 1 is 1.35 bits per heavy atom. The molecular formula is C12H17N3OS. The van der Waals surface area contributed by atoms with E-state index in [1.165, 1.54) is 32.1 Å². The molecule has 0 unspecified atom stereocenters. The summed E-state index contributed by atoms with van der Waals surface area (Å²) >= 11 is 1.84. The zero-order valence-corrected chi connectivity index (χ0v) is 10.5. The fourth-order valence-corrected chi connectivity index (χ4v) is 3.18. The topological polar surface area (TPSA) is 71.5 Å². The lowest BCUT2D eigenvalue weighted by Gasteiger charge is -2.20. The van der Waals surface area contributed by atoms with Crippen LogP contribution in [0.3, 0.4) is 0 Å². The lowest BCUT2D eigenvalue weighted by atomic mass is 10.0. The van der Waals surface area contributed by atoms with Gasteiger partial charge in [-0.2, -0.15) is 0 Å². The number of hydrogen-bond donors (Lipinski definition) is 2. The number of amidine groups is 1. The molecule has 3 N–H and O–H groups in total. The van der Waals surface area contributed by atoms with Gasteiger partial charge in [-0.15, -0.1) is 11.8 Å². The minimum absolute atomic E-state index is 0.103. The summed E-state index contributed by atoms with van der Waals surface area (Å²) in [5.41, 5.74) is 6.14. The van der Waals surface area contributed by atoms with Crippen LogP contribution in [-0.4, -0.2) is 21.3 Å². The Bertz CT molecular complexity index is 385. The van der Waals surface area contributed by atoms with Gasteiger partial charge in [0.25, 0.3) is 0 Å². The Morgan fingerprint density at radius 3 is 2.71 bits per heavy atom. The van der Waals surface area contributed by atoms with Gasteiger partial charge >= 0.3 is 0 Å². The largest absolute Gasteiger partial charge is 0.409 e. The number of nitrogens with zero attached hydrogens (tertiary/aromatic N) is 2. The van der Waals surface area contributed by atoms with Crippen molar-refractivity contribution in [2.75, 3.05) is 0 Å². The van der Waals surface area contributed by atoms with Crippen molar-refractivity contribution in [1.29, 1.82) is 0 Å². The lowest BCUT2D eigenvalue weighted by molar-refractivity contribution is 0.318. The maximum absolute atomic E-state index is 8.55. The van der Waals surface area contributed by atoms with Gasteiger partial charge in [0.15, 0.2) is 5.84 Å². The highest BCUT2D eigenvalue weighted by molar-refractivity contribution is 7.99. The average molecular weight is 251 g/mol. The van der Waals surface area contributed by atoms with Gasteiger partial charge in [-0.25, -0.2) is 4.98 Å². The average Bonchev–Trinajstić information content (AvgIpc) is 2.40. The Hall–Kier alpha value is -1.23. The molecule has 0 aliphatic heterocycles. The summed E-state index contributed by atoms with van der Waals surface area (Å²) in [5, 5.41) is 13.2. The Balaban J connectivity index is 1.97. The third-order valence-electron chi connectivity index (χ3n) is 2.98. The highest BCUT2D eigenvalue weighted by Crippen LogP contribution is 2.32. The molecule has 1 aromatic heterocycles. The molecule has 5 heteroatoms. The highest BCUT2D eigenvalue weighted by atomic mass is 32.2. The van der Waals surface area contributed by atoms with Crippen LogP contribution in [-0.2, 0) is 0 Å². The van der Waals surface area contributed by atoms with Crippen molar-refractivity contribution in [3.63, 3.8) is 0 Å². The normalized spacial score (nSPS) is 18.2. The molecule has 0 atom stereocenters. The molecule has 1 fully saturated rings. The van der Waals surface area contributed by atoms with Crippen LogP contribution in [0.25, 0.3) is 0 Å². The smallest absolute Gasteiger partial charge is 0.171 e. The number of rotatable bonds is 3. The second-order valence-corrected chi connectivity index (χ2v) is 5.57. The van der Waals surface area contributed by atoms with Crippen molar-refractivity contribution in [1.82, 2.24) is 4.98 Å². The van der Waals surface area contributed by atoms with E-state index in [1.54, 1.807) is 6.20 Å². The van der Waals surface area contributed by atoms with Crippen LogP contribution >= 0.6 is 11.8 Å². The third kappa shape index (κ3) is 3.36. The van der Waals surface area contributed by atoms with E-state index in [2.05, 4.69) is 10.1 Å². The van der Waals surface area contributed by atoms with E-state index in [0.717, 1.165) is 5.03 Å². The summed E-state index contributed by atoms with van der Waals surface area (Å²) in [4.78, 5) is 4.33. The van der Waals surface area contributed by atoms with Crippen LogP contribution in [0.1, 0.15) is 37.7 Å². The third-order valence-corrected chi connectivity index (χ3v) is 4.27. The molecule has 2 rings (SSSR count). The van der Waals surface area contributed by atoms with Crippen LogP contribution in [0, 0.1) is 0 Å². The highest BCUT2D eigenvalue weighted by Gasteiger charge is 2.15. The minimum atomic E-state index is 0.103. The van der Waals surface area contributed by atoms with Gasteiger partial charge in [0.2, 0.25) is 0 Å². The summed E-state index contributed by atoms with van der Waals surface area (Å²) in [6.07, 6.45) is 8.26. The molecule has 0 amide bonds. The predicted molar refractivity (Wildman–Crippen MR) is 69.5 cm³/mol. The van der Waals surface area contributed by atoms with Crippen molar-refractivity contribution in [3.05, 3.63) is 23.9 Å². The number of oxime groups is 1. The quantitative estimate of drug-likeness (QED) is 0.375. The molecule has 1 aromatic rings. The molecule has 0 spiro atoms. The van der Waals surface area contributed by atoms with E-state index >= 15 is 0 Å². The van der Waals surface area contributed by atoms with Gasteiger partial charge in [-0.3, -0.25) is 0 Å². The first-order valence-electron chi connectivity index (χ1n) is 5.90. The molecule has 4 nitrogen and oxygen atoms in total.